The lowest BCUT2D eigenvalue weighted by Crippen LogP contribution is -2.20. The Kier molecular flexibility index (Phi) is 8.71. The predicted octanol–water partition coefficient (Wildman–Crippen LogP) is 4.39. The van der Waals surface area contributed by atoms with E-state index in [0.29, 0.717) is 29.4 Å². The first kappa shape index (κ1) is 25.9. The van der Waals surface area contributed by atoms with Crippen LogP contribution in [0.1, 0.15) is 34.0 Å². The molecule has 3 aromatic rings. The molecule has 0 radical (unpaired) electrons. The number of non-ortho nitro benzene ring substituents is 1. The summed E-state index contributed by atoms with van der Waals surface area (Å²) in [7, 11) is 0. The molecular weight excluding hydrogens is 464 g/mol. The Hall–Kier alpha value is -4.73. The van der Waals surface area contributed by atoms with E-state index in [1.165, 1.54) is 30.5 Å². The number of hydrogen-bond acceptors (Lipinski definition) is 7. The van der Waals surface area contributed by atoms with Crippen molar-refractivity contribution in [1.29, 1.82) is 0 Å². The molecule has 0 aromatic heterocycles. The van der Waals surface area contributed by atoms with Crippen molar-refractivity contribution in [2.24, 2.45) is 5.10 Å². The molecule has 10 heteroatoms. The minimum Gasteiger partial charge on any atom is -0.490 e. The minimum absolute atomic E-state index is 0.108. The summed E-state index contributed by atoms with van der Waals surface area (Å²) in [5.41, 5.74) is 6.02. The first-order chi connectivity index (χ1) is 17.3. The molecule has 0 aliphatic heterocycles. The fraction of sp³-hybridized carbons (Fsp3) is 0.192. The molecule has 0 atom stereocenters. The van der Waals surface area contributed by atoms with Crippen LogP contribution in [0.2, 0.25) is 0 Å². The molecule has 0 unspecified atom stereocenters. The molecule has 0 aliphatic rings. The van der Waals surface area contributed by atoms with E-state index in [-0.39, 0.29) is 23.8 Å². The highest BCUT2D eigenvalue weighted by Gasteiger charge is 2.11. The highest BCUT2D eigenvalue weighted by Crippen LogP contribution is 2.28. The van der Waals surface area contributed by atoms with Crippen LogP contribution in [0.5, 0.6) is 11.5 Å². The van der Waals surface area contributed by atoms with Crippen molar-refractivity contribution in [3.63, 3.8) is 0 Å². The highest BCUT2D eigenvalue weighted by molar-refractivity contribution is 5.95. The van der Waals surface area contributed by atoms with E-state index in [9.17, 15) is 19.7 Å². The zero-order chi connectivity index (χ0) is 26.1. The van der Waals surface area contributed by atoms with Gasteiger partial charge in [-0.3, -0.25) is 19.7 Å². The summed E-state index contributed by atoms with van der Waals surface area (Å²) in [4.78, 5) is 34.7. The molecule has 0 aliphatic carbocycles. The molecule has 186 valence electrons. The minimum atomic E-state index is -0.541. The van der Waals surface area contributed by atoms with Crippen molar-refractivity contribution >= 4 is 29.4 Å². The van der Waals surface area contributed by atoms with Gasteiger partial charge in [0.05, 0.1) is 17.7 Å². The largest absolute Gasteiger partial charge is 0.490 e. The molecule has 2 amide bonds. The second kappa shape index (κ2) is 12.1. The summed E-state index contributed by atoms with van der Waals surface area (Å²) < 4.78 is 11.3. The Balaban J connectivity index is 1.59. The van der Waals surface area contributed by atoms with Gasteiger partial charge >= 0.3 is 0 Å². The van der Waals surface area contributed by atoms with E-state index in [4.69, 9.17) is 9.47 Å². The van der Waals surface area contributed by atoms with Gasteiger partial charge in [-0.05, 0) is 79.9 Å². The Bertz CT molecular complexity index is 1290. The molecular formula is C26H26N4O6. The maximum absolute atomic E-state index is 12.3. The van der Waals surface area contributed by atoms with Crippen LogP contribution in [0.4, 0.5) is 11.4 Å². The smallest absolute Gasteiger partial charge is 0.271 e. The molecule has 0 saturated carbocycles. The fourth-order valence-corrected chi connectivity index (χ4v) is 3.12. The molecule has 0 heterocycles. The van der Waals surface area contributed by atoms with Gasteiger partial charge in [0.2, 0.25) is 0 Å². The number of anilines is 1. The Morgan fingerprint density at radius 1 is 0.972 bits per heavy atom. The summed E-state index contributed by atoms with van der Waals surface area (Å²) in [5, 5.41) is 17.4. The SMILES string of the molecule is CCOc1cc(/C=N\NC(=O)c2ccc([N+](=O)[O-])cc2)ccc1OCC(=O)Nc1ccc(C)c(C)c1. The number of carbonyl (C=O) groups excluding carboxylic acids is 2. The number of amides is 2. The molecule has 36 heavy (non-hydrogen) atoms. The second-order valence-corrected chi connectivity index (χ2v) is 7.78. The van der Waals surface area contributed by atoms with Crippen LogP contribution in [0.15, 0.2) is 65.8 Å². The number of ether oxygens (including phenoxy) is 2. The highest BCUT2D eigenvalue weighted by atomic mass is 16.6. The average Bonchev–Trinajstić information content (AvgIpc) is 2.86. The lowest BCUT2D eigenvalue weighted by Gasteiger charge is -2.13. The summed E-state index contributed by atoms with van der Waals surface area (Å²) in [6, 6.07) is 15.9. The first-order valence-electron chi connectivity index (χ1n) is 11.1. The van der Waals surface area contributed by atoms with Gasteiger partial charge in [-0.15, -0.1) is 0 Å². The van der Waals surface area contributed by atoms with Gasteiger partial charge in [-0.25, -0.2) is 5.43 Å². The van der Waals surface area contributed by atoms with E-state index in [1.807, 2.05) is 39.0 Å². The third-order valence-corrected chi connectivity index (χ3v) is 5.14. The first-order valence-corrected chi connectivity index (χ1v) is 11.1. The normalized spacial score (nSPS) is 10.6. The van der Waals surface area contributed by atoms with Crippen molar-refractivity contribution in [1.82, 2.24) is 5.43 Å². The lowest BCUT2D eigenvalue weighted by atomic mass is 10.1. The topological polar surface area (TPSA) is 132 Å². The standard InChI is InChI=1S/C26H26N4O6/c1-4-35-24-14-19(15-27-29-26(32)20-7-10-22(11-8-20)30(33)34)6-12-23(24)36-16-25(31)28-21-9-5-17(2)18(3)13-21/h5-15H,4,16H2,1-3H3,(H,28,31)(H,29,32)/b27-15-. The maximum atomic E-state index is 12.3. The summed E-state index contributed by atoms with van der Waals surface area (Å²) in [6.45, 7) is 5.97. The van der Waals surface area contributed by atoms with Gasteiger partial charge in [-0.2, -0.15) is 5.10 Å². The molecule has 2 N–H and O–H groups in total. The quantitative estimate of drug-likeness (QED) is 0.246. The molecule has 0 spiro atoms. The number of rotatable bonds is 10. The van der Waals surface area contributed by atoms with Gasteiger partial charge in [0, 0.05) is 23.4 Å². The molecule has 0 bridgehead atoms. The average molecular weight is 491 g/mol. The van der Waals surface area contributed by atoms with Gasteiger partial charge in [0.15, 0.2) is 18.1 Å². The van der Waals surface area contributed by atoms with Crippen LogP contribution in [-0.4, -0.2) is 36.2 Å². The predicted molar refractivity (Wildman–Crippen MR) is 136 cm³/mol. The Labute approximate surface area is 208 Å². The van der Waals surface area contributed by atoms with Crippen LogP contribution in [0.3, 0.4) is 0 Å². The lowest BCUT2D eigenvalue weighted by molar-refractivity contribution is -0.384. The number of carbonyl (C=O) groups is 2. The maximum Gasteiger partial charge on any atom is 0.271 e. The Morgan fingerprint density at radius 2 is 1.72 bits per heavy atom. The molecule has 10 nitrogen and oxygen atoms in total. The monoisotopic (exact) mass is 490 g/mol. The fourth-order valence-electron chi connectivity index (χ4n) is 3.12. The molecule has 0 saturated heterocycles. The van der Waals surface area contributed by atoms with Crippen LogP contribution in [-0.2, 0) is 4.79 Å². The van der Waals surface area contributed by atoms with E-state index in [2.05, 4.69) is 15.8 Å². The molecule has 0 fully saturated rings. The van der Waals surface area contributed by atoms with Crippen molar-refractivity contribution in [2.45, 2.75) is 20.8 Å². The van der Waals surface area contributed by atoms with Crippen LogP contribution >= 0.6 is 0 Å². The van der Waals surface area contributed by atoms with Crippen LogP contribution in [0.25, 0.3) is 0 Å². The van der Waals surface area contributed by atoms with Gasteiger partial charge < -0.3 is 14.8 Å². The second-order valence-electron chi connectivity index (χ2n) is 7.78. The third-order valence-electron chi connectivity index (χ3n) is 5.14. The van der Waals surface area contributed by atoms with Crippen molar-refractivity contribution in [3.8, 4) is 11.5 Å². The third kappa shape index (κ3) is 7.13. The number of nitro groups is 1. The van der Waals surface area contributed by atoms with E-state index in [1.54, 1.807) is 18.2 Å². The van der Waals surface area contributed by atoms with Crippen LogP contribution < -0.4 is 20.2 Å². The number of hydrogen-bond donors (Lipinski definition) is 2. The van der Waals surface area contributed by atoms with Gasteiger partial charge in [0.1, 0.15) is 0 Å². The Morgan fingerprint density at radius 3 is 2.39 bits per heavy atom. The van der Waals surface area contributed by atoms with Crippen molar-refractivity contribution < 1.29 is 24.0 Å². The number of nitrogens with one attached hydrogen (secondary N) is 2. The zero-order valence-electron chi connectivity index (χ0n) is 20.1. The van der Waals surface area contributed by atoms with E-state index >= 15 is 0 Å². The van der Waals surface area contributed by atoms with Crippen LogP contribution in [0, 0.1) is 24.0 Å². The van der Waals surface area contributed by atoms with Crippen molar-refractivity contribution in [3.05, 3.63) is 93.0 Å². The van der Waals surface area contributed by atoms with E-state index in [0.717, 1.165) is 11.1 Å². The number of hydrazone groups is 1. The van der Waals surface area contributed by atoms with E-state index < -0.39 is 10.8 Å². The van der Waals surface area contributed by atoms with Crippen molar-refractivity contribution in [2.75, 3.05) is 18.5 Å². The number of benzene rings is 3. The number of nitrogens with zero attached hydrogens (tertiary/aromatic N) is 2. The number of nitro benzene ring substituents is 1. The summed E-state index contributed by atoms with van der Waals surface area (Å²) in [5.74, 6) is -0.0116. The van der Waals surface area contributed by atoms with Gasteiger partial charge in [0.25, 0.3) is 17.5 Å². The van der Waals surface area contributed by atoms with Gasteiger partial charge in [-0.1, -0.05) is 6.07 Å². The summed E-state index contributed by atoms with van der Waals surface area (Å²) >= 11 is 0. The summed E-state index contributed by atoms with van der Waals surface area (Å²) in [6.07, 6.45) is 1.42. The number of aryl methyl sites for hydroxylation is 2. The molecule has 3 aromatic carbocycles. The zero-order valence-corrected chi connectivity index (χ0v) is 20.1. The molecule has 3 rings (SSSR count).